The fourth-order valence-electron chi connectivity index (χ4n) is 2.96. The van der Waals surface area contributed by atoms with Crippen LogP contribution in [-0.4, -0.2) is 22.4 Å². The fourth-order valence-corrected chi connectivity index (χ4v) is 3.28. The average molecular weight is 313 g/mol. The lowest BCUT2D eigenvalue weighted by molar-refractivity contribution is -0.131. The van der Waals surface area contributed by atoms with Crippen LogP contribution in [0, 0.1) is 0 Å². The van der Waals surface area contributed by atoms with Gasteiger partial charge in [0.25, 0.3) is 5.91 Å². The van der Waals surface area contributed by atoms with Crippen molar-refractivity contribution in [1.82, 2.24) is 10.2 Å². The molecule has 106 valence electrons. The molecule has 0 unspecified atom stereocenters. The molecule has 1 saturated heterocycles. The maximum absolute atomic E-state index is 12.5. The second kappa shape index (κ2) is 4.93. The van der Waals surface area contributed by atoms with Crippen LogP contribution in [0.15, 0.2) is 18.2 Å². The van der Waals surface area contributed by atoms with Crippen LogP contribution in [0.4, 0.5) is 4.79 Å². The molecule has 1 N–H and O–H groups in total. The van der Waals surface area contributed by atoms with Crippen molar-refractivity contribution in [2.75, 3.05) is 0 Å². The van der Waals surface area contributed by atoms with E-state index in [1.54, 1.807) is 18.2 Å². The molecule has 0 atom stereocenters. The largest absolute Gasteiger partial charge is 0.325 e. The molecule has 2 aliphatic rings. The minimum Gasteiger partial charge on any atom is -0.323 e. The molecule has 1 saturated carbocycles. The maximum Gasteiger partial charge on any atom is 0.325 e. The lowest BCUT2D eigenvalue weighted by atomic mass is 9.98. The third-order valence-corrected chi connectivity index (χ3v) is 4.77. The number of rotatable bonds is 2. The molecule has 1 heterocycles. The summed E-state index contributed by atoms with van der Waals surface area (Å²) in [5.74, 6) is -0.119. The minimum atomic E-state index is -0.659. The van der Waals surface area contributed by atoms with E-state index in [-0.39, 0.29) is 18.5 Å². The van der Waals surface area contributed by atoms with E-state index in [0.717, 1.165) is 31.2 Å². The molecule has 3 rings (SSSR count). The molecule has 4 nitrogen and oxygen atoms in total. The van der Waals surface area contributed by atoms with Crippen molar-refractivity contribution in [2.24, 2.45) is 0 Å². The Morgan fingerprint density at radius 3 is 2.50 bits per heavy atom. The van der Waals surface area contributed by atoms with Gasteiger partial charge in [0.15, 0.2) is 0 Å². The van der Waals surface area contributed by atoms with Crippen molar-refractivity contribution in [2.45, 2.75) is 37.8 Å². The first kappa shape index (κ1) is 13.7. The Balaban J connectivity index is 1.82. The number of nitrogens with zero attached hydrogens (tertiary/aromatic N) is 1. The lowest BCUT2D eigenvalue weighted by Crippen LogP contribution is -2.44. The van der Waals surface area contributed by atoms with Crippen LogP contribution >= 0.6 is 23.2 Å². The van der Waals surface area contributed by atoms with Gasteiger partial charge < -0.3 is 5.32 Å². The number of carbonyl (C=O) groups is 2. The average Bonchev–Trinajstić information content (AvgIpc) is 2.96. The molecule has 6 heteroatoms. The van der Waals surface area contributed by atoms with E-state index >= 15 is 0 Å². The number of halogens is 2. The highest BCUT2D eigenvalue weighted by Gasteiger charge is 2.52. The number of urea groups is 1. The third kappa shape index (κ3) is 2.17. The van der Waals surface area contributed by atoms with Gasteiger partial charge in [-0.25, -0.2) is 4.79 Å². The summed E-state index contributed by atoms with van der Waals surface area (Å²) in [6.45, 7) is 0.226. The van der Waals surface area contributed by atoms with Crippen molar-refractivity contribution < 1.29 is 9.59 Å². The zero-order valence-corrected chi connectivity index (χ0v) is 12.3. The molecule has 1 spiro atoms. The third-order valence-electron chi connectivity index (χ3n) is 4.03. The SMILES string of the molecule is O=C1NC2(CCCC2)C(=O)N1Cc1ccc(Cl)c(Cl)c1. The fraction of sp³-hybridized carbons (Fsp3) is 0.429. The second-order valence-corrected chi connectivity index (χ2v) is 6.17. The summed E-state index contributed by atoms with van der Waals surface area (Å²) in [6, 6.07) is 4.81. The van der Waals surface area contributed by atoms with Crippen molar-refractivity contribution in [3.8, 4) is 0 Å². The van der Waals surface area contributed by atoms with Crippen molar-refractivity contribution in [1.29, 1.82) is 0 Å². The Kier molecular flexibility index (Phi) is 3.38. The van der Waals surface area contributed by atoms with Crippen molar-refractivity contribution in [3.63, 3.8) is 0 Å². The predicted octanol–water partition coefficient (Wildman–Crippen LogP) is 3.36. The molecule has 1 aromatic rings. The van der Waals surface area contributed by atoms with Gasteiger partial charge in [-0.2, -0.15) is 0 Å². The summed E-state index contributed by atoms with van der Waals surface area (Å²) in [7, 11) is 0. The highest BCUT2D eigenvalue weighted by Crippen LogP contribution is 2.35. The molecular formula is C14H14Cl2N2O2. The molecular weight excluding hydrogens is 299 g/mol. The standard InChI is InChI=1S/C14H14Cl2N2O2/c15-10-4-3-9(7-11(10)16)8-18-12(19)14(17-13(18)20)5-1-2-6-14/h3-4,7H,1-2,5-6,8H2,(H,17,20). The Morgan fingerprint density at radius 1 is 1.15 bits per heavy atom. The van der Waals surface area contributed by atoms with Crippen molar-refractivity contribution in [3.05, 3.63) is 33.8 Å². The highest BCUT2D eigenvalue weighted by molar-refractivity contribution is 6.42. The van der Waals surface area contributed by atoms with Gasteiger partial charge in [-0.05, 0) is 30.5 Å². The number of imide groups is 1. The van der Waals surface area contributed by atoms with Gasteiger partial charge in [0.05, 0.1) is 16.6 Å². The summed E-state index contributed by atoms with van der Waals surface area (Å²) < 4.78 is 0. The summed E-state index contributed by atoms with van der Waals surface area (Å²) >= 11 is 11.8. The first-order valence-corrected chi connectivity index (χ1v) is 7.35. The Hall–Kier alpha value is -1.26. The van der Waals surface area contributed by atoms with E-state index < -0.39 is 5.54 Å². The predicted molar refractivity (Wildman–Crippen MR) is 76.7 cm³/mol. The number of hydrogen-bond donors (Lipinski definition) is 1. The van der Waals surface area contributed by atoms with Crippen LogP contribution in [0.2, 0.25) is 10.0 Å². The normalized spacial score (nSPS) is 20.8. The first-order valence-electron chi connectivity index (χ1n) is 6.60. The van der Waals surface area contributed by atoms with Gasteiger partial charge in [-0.15, -0.1) is 0 Å². The minimum absolute atomic E-state index is 0.119. The molecule has 0 bridgehead atoms. The summed E-state index contributed by atoms with van der Waals surface area (Å²) in [5, 5.41) is 3.73. The Labute approximate surface area is 127 Å². The van der Waals surface area contributed by atoms with Gasteiger partial charge >= 0.3 is 6.03 Å². The number of hydrogen-bond acceptors (Lipinski definition) is 2. The smallest absolute Gasteiger partial charge is 0.323 e. The van der Waals surface area contributed by atoms with Gasteiger partial charge in [-0.1, -0.05) is 42.1 Å². The first-order chi connectivity index (χ1) is 9.52. The van der Waals surface area contributed by atoms with Gasteiger partial charge in [0.2, 0.25) is 0 Å². The van der Waals surface area contributed by atoms with Gasteiger partial charge in [-0.3, -0.25) is 9.69 Å². The number of nitrogens with one attached hydrogen (secondary N) is 1. The molecule has 1 aromatic carbocycles. The molecule has 0 radical (unpaired) electrons. The molecule has 2 fully saturated rings. The highest BCUT2D eigenvalue weighted by atomic mass is 35.5. The van der Waals surface area contributed by atoms with Gasteiger partial charge in [0.1, 0.15) is 5.54 Å². The van der Waals surface area contributed by atoms with Crippen LogP contribution < -0.4 is 5.32 Å². The summed E-state index contributed by atoms with van der Waals surface area (Å²) in [5.41, 5.74) is 0.130. The maximum atomic E-state index is 12.5. The van der Waals surface area contributed by atoms with Crippen LogP contribution in [0.1, 0.15) is 31.2 Å². The van der Waals surface area contributed by atoms with Gasteiger partial charge in [0, 0.05) is 0 Å². The molecule has 1 aliphatic heterocycles. The Bertz CT molecular complexity index is 583. The lowest BCUT2D eigenvalue weighted by Gasteiger charge is -2.20. The van der Waals surface area contributed by atoms with Crippen LogP contribution in [0.5, 0.6) is 0 Å². The number of carbonyl (C=O) groups excluding carboxylic acids is 2. The van der Waals surface area contributed by atoms with E-state index in [2.05, 4.69) is 5.32 Å². The summed E-state index contributed by atoms with van der Waals surface area (Å²) in [6.07, 6.45) is 3.42. The van der Waals surface area contributed by atoms with E-state index in [1.165, 1.54) is 4.90 Å². The summed E-state index contributed by atoms with van der Waals surface area (Å²) in [4.78, 5) is 25.8. The van der Waals surface area contributed by atoms with Crippen LogP contribution in [-0.2, 0) is 11.3 Å². The molecule has 0 aromatic heterocycles. The number of amides is 3. The van der Waals surface area contributed by atoms with Crippen LogP contribution in [0.25, 0.3) is 0 Å². The van der Waals surface area contributed by atoms with E-state index in [0.29, 0.717) is 10.0 Å². The quantitative estimate of drug-likeness (QED) is 0.851. The molecule has 20 heavy (non-hydrogen) atoms. The van der Waals surface area contributed by atoms with Crippen molar-refractivity contribution >= 4 is 35.1 Å². The zero-order valence-electron chi connectivity index (χ0n) is 10.8. The van der Waals surface area contributed by atoms with Crippen LogP contribution in [0.3, 0.4) is 0 Å². The van der Waals surface area contributed by atoms with E-state index in [4.69, 9.17) is 23.2 Å². The zero-order chi connectivity index (χ0) is 14.3. The number of benzene rings is 1. The second-order valence-electron chi connectivity index (χ2n) is 5.36. The molecule has 3 amide bonds. The molecule has 1 aliphatic carbocycles. The van der Waals surface area contributed by atoms with E-state index in [1.807, 2.05) is 0 Å². The van der Waals surface area contributed by atoms with E-state index in [9.17, 15) is 9.59 Å². The monoisotopic (exact) mass is 312 g/mol. The topological polar surface area (TPSA) is 49.4 Å². The Morgan fingerprint density at radius 2 is 1.85 bits per heavy atom.